The monoisotopic (exact) mass is 1040 g/mol. The molecule has 0 N–H and O–H groups in total. The van der Waals surface area contributed by atoms with Gasteiger partial charge in [-0.25, -0.2) is 0 Å². The van der Waals surface area contributed by atoms with Crippen LogP contribution in [-0.2, 0) is 32.5 Å². The molecule has 0 aliphatic heterocycles. The second-order valence-corrected chi connectivity index (χ2v) is 30.0. The molecule has 0 aliphatic carbocycles. The number of rotatable bonds is 4. The Morgan fingerprint density at radius 2 is 0.512 bits per heavy atom. The molecular weight excluding hydrogens is 965 g/mol. The third-order valence-electron chi connectivity index (χ3n) is 18.1. The van der Waals surface area contributed by atoms with Gasteiger partial charge in [-0.3, -0.25) is 0 Å². The Hall–Kier alpha value is -7.42. The summed E-state index contributed by atoms with van der Waals surface area (Å²) in [5.41, 5.74) is 25.7. The molecule has 0 amide bonds. The largest absolute Gasteiger partial charge is 0.307 e. The molecule has 0 saturated heterocycles. The highest BCUT2D eigenvalue weighted by molar-refractivity contribution is 6.46. The fourth-order valence-corrected chi connectivity index (χ4v) is 13.2. The van der Waals surface area contributed by atoms with Crippen LogP contribution in [0.1, 0.15) is 158 Å². The van der Waals surface area contributed by atoms with E-state index in [1.807, 2.05) is 0 Å². The van der Waals surface area contributed by atoms with Gasteiger partial charge in [0.1, 0.15) is 0 Å². The summed E-state index contributed by atoms with van der Waals surface area (Å²) in [5, 5.41) is 10.5. The van der Waals surface area contributed by atoms with Crippen molar-refractivity contribution in [3.8, 4) is 44.5 Å². The van der Waals surface area contributed by atoms with Crippen LogP contribution in [0.3, 0.4) is 0 Å². The molecule has 0 radical (unpaired) electrons. The van der Waals surface area contributed by atoms with Crippen LogP contribution in [0.5, 0.6) is 0 Å². The number of hydrogen-bond acceptors (Lipinski definition) is 0. The van der Waals surface area contributed by atoms with Crippen molar-refractivity contribution in [1.29, 1.82) is 0 Å². The van der Waals surface area contributed by atoms with Gasteiger partial charge in [-0.1, -0.05) is 270 Å². The SMILES string of the molecule is CC(C)(C)c1ccc(-c2ccc3c4c5c6cccc(-c7cc(C(C)(C)C)cc(C(C)(C)C)c7)c6n6c7cc(-c8ccc(C(C)(C)C)cc8)ccc7c(c7c8cccc(-c9cc(C(C)(C)C)cc(C(C)(C)C)c9)c8n(c3c2)c47)c56)cc1. The van der Waals surface area contributed by atoms with Gasteiger partial charge in [0, 0.05) is 54.2 Å². The van der Waals surface area contributed by atoms with Crippen molar-refractivity contribution >= 4 is 76.2 Å². The average molecular weight is 1050 g/mol. The highest BCUT2D eigenvalue weighted by atomic mass is 14.9. The van der Waals surface area contributed by atoms with Crippen molar-refractivity contribution in [2.75, 3.05) is 0 Å². The van der Waals surface area contributed by atoms with Crippen LogP contribution < -0.4 is 0 Å². The fourth-order valence-electron chi connectivity index (χ4n) is 13.2. The lowest BCUT2D eigenvalue weighted by molar-refractivity contribution is 0.568. The molecule has 402 valence electrons. The van der Waals surface area contributed by atoms with Crippen LogP contribution in [-0.4, -0.2) is 8.80 Å². The van der Waals surface area contributed by atoms with E-state index in [2.05, 4.69) is 291 Å². The topological polar surface area (TPSA) is 8.82 Å². The molecule has 80 heavy (non-hydrogen) atoms. The molecule has 13 aromatic rings. The average Bonchev–Trinajstić information content (AvgIpc) is 4.34. The van der Waals surface area contributed by atoms with Gasteiger partial charge in [0.15, 0.2) is 0 Å². The molecule has 4 heterocycles. The maximum atomic E-state index is 2.70. The Morgan fingerprint density at radius 1 is 0.225 bits per heavy atom. The van der Waals surface area contributed by atoms with Gasteiger partial charge in [-0.05, 0) is 111 Å². The van der Waals surface area contributed by atoms with E-state index in [0.29, 0.717) is 0 Å². The van der Waals surface area contributed by atoms with E-state index < -0.39 is 0 Å². The Labute approximate surface area is 475 Å². The summed E-state index contributed by atoms with van der Waals surface area (Å²) in [5.74, 6) is 0. The van der Waals surface area contributed by atoms with Gasteiger partial charge in [-0.15, -0.1) is 0 Å². The molecule has 0 fully saturated rings. The molecule has 9 aromatic carbocycles. The van der Waals surface area contributed by atoms with E-state index >= 15 is 0 Å². The third-order valence-corrected chi connectivity index (χ3v) is 18.1. The zero-order chi connectivity index (χ0) is 56.7. The van der Waals surface area contributed by atoms with Crippen molar-refractivity contribution in [1.82, 2.24) is 8.80 Å². The molecule has 13 rings (SSSR count). The summed E-state index contributed by atoms with van der Waals surface area (Å²) < 4.78 is 5.40. The Morgan fingerprint density at radius 3 is 0.812 bits per heavy atom. The quantitative estimate of drug-likeness (QED) is 0.166. The number of para-hydroxylation sites is 2. The van der Waals surface area contributed by atoms with Gasteiger partial charge in [-0.2, -0.15) is 0 Å². The fraction of sp³-hybridized carbons (Fsp3) is 0.308. The molecule has 2 heteroatoms. The first-order valence-electron chi connectivity index (χ1n) is 29.4. The van der Waals surface area contributed by atoms with E-state index in [-0.39, 0.29) is 32.5 Å². The lowest BCUT2D eigenvalue weighted by Crippen LogP contribution is -2.16. The Balaban J connectivity index is 1.24. The van der Waals surface area contributed by atoms with Crippen LogP contribution in [0, 0.1) is 0 Å². The van der Waals surface area contributed by atoms with Gasteiger partial charge in [0.05, 0.1) is 33.1 Å². The molecule has 0 atom stereocenters. The van der Waals surface area contributed by atoms with Crippen LogP contribution >= 0.6 is 0 Å². The first-order chi connectivity index (χ1) is 37.5. The highest BCUT2D eigenvalue weighted by Crippen LogP contribution is 2.55. The first kappa shape index (κ1) is 52.0. The van der Waals surface area contributed by atoms with Crippen LogP contribution in [0.25, 0.3) is 121 Å². The van der Waals surface area contributed by atoms with E-state index in [1.165, 1.54) is 154 Å². The predicted molar refractivity (Wildman–Crippen MR) is 350 cm³/mol. The van der Waals surface area contributed by atoms with E-state index in [9.17, 15) is 0 Å². The Bertz CT molecular complexity index is 4270. The summed E-state index contributed by atoms with van der Waals surface area (Å²) in [4.78, 5) is 0. The van der Waals surface area contributed by atoms with E-state index in [0.717, 1.165) is 0 Å². The molecule has 0 saturated carbocycles. The predicted octanol–water partition coefficient (Wildman–Crippen LogP) is 22.4. The van der Waals surface area contributed by atoms with E-state index in [4.69, 9.17) is 0 Å². The molecule has 2 nitrogen and oxygen atoms in total. The molecule has 0 unspecified atom stereocenters. The highest BCUT2D eigenvalue weighted by Gasteiger charge is 2.32. The second kappa shape index (κ2) is 17.1. The van der Waals surface area contributed by atoms with Crippen molar-refractivity contribution < 1.29 is 0 Å². The number of hydrogen-bond donors (Lipinski definition) is 0. The maximum absolute atomic E-state index is 2.70. The zero-order valence-corrected chi connectivity index (χ0v) is 50.9. The smallest absolute Gasteiger partial charge is 0.0634 e. The van der Waals surface area contributed by atoms with Crippen molar-refractivity contribution in [3.63, 3.8) is 0 Å². The standard InChI is InChI=1S/C78H80N2/c1-73(2,3)51-31-25-45(26-32-51)47-29-35-59-63(41-47)79-69-57(49-37-53(75(7,8)9)43-54(38-49)76(10,11)12)21-19-23-61(69)68-66-60-36-30-48(46-27-33-52(34-28-46)74(4,5)6)42-64(60)80-70-58(22-20-24-62(70)67(72(66)80)65(59)71(68)79)50-39-55(77(13,14)15)44-56(40-50)78(16,17)18/h19-44H,1-18H3. The second-order valence-electron chi connectivity index (χ2n) is 30.0. The lowest BCUT2D eigenvalue weighted by Gasteiger charge is -2.26. The van der Waals surface area contributed by atoms with Gasteiger partial charge >= 0.3 is 0 Å². The van der Waals surface area contributed by atoms with Gasteiger partial charge in [0.25, 0.3) is 0 Å². The minimum absolute atomic E-state index is 0.0379. The number of fused-ring (bicyclic) bond motifs is 14. The summed E-state index contributed by atoms with van der Waals surface area (Å²) >= 11 is 0. The molecule has 0 spiro atoms. The van der Waals surface area contributed by atoms with Gasteiger partial charge in [0.2, 0.25) is 0 Å². The van der Waals surface area contributed by atoms with E-state index in [1.54, 1.807) is 0 Å². The first-order valence-corrected chi connectivity index (χ1v) is 29.4. The number of nitrogens with zero attached hydrogens (tertiary/aromatic N) is 2. The van der Waals surface area contributed by atoms with Crippen LogP contribution in [0.15, 0.2) is 158 Å². The number of benzene rings is 9. The van der Waals surface area contributed by atoms with Crippen LogP contribution in [0.4, 0.5) is 0 Å². The van der Waals surface area contributed by atoms with Crippen molar-refractivity contribution in [3.05, 3.63) is 191 Å². The summed E-state index contributed by atoms with van der Waals surface area (Å²) in [6, 6.07) is 62.5. The van der Waals surface area contributed by atoms with Gasteiger partial charge < -0.3 is 8.80 Å². The summed E-state index contributed by atoms with van der Waals surface area (Å²) in [7, 11) is 0. The lowest BCUT2D eigenvalue weighted by atomic mass is 9.78. The number of aromatic nitrogens is 2. The molecule has 0 aliphatic rings. The summed E-state index contributed by atoms with van der Waals surface area (Å²) in [6.07, 6.45) is 0. The molecule has 0 bridgehead atoms. The van der Waals surface area contributed by atoms with Crippen LogP contribution in [0.2, 0.25) is 0 Å². The summed E-state index contributed by atoms with van der Waals surface area (Å²) in [6.45, 7) is 42.1. The Kier molecular flexibility index (Phi) is 11.1. The minimum Gasteiger partial charge on any atom is -0.307 e. The van der Waals surface area contributed by atoms with Crippen molar-refractivity contribution in [2.24, 2.45) is 0 Å². The molecular formula is C78H80N2. The van der Waals surface area contributed by atoms with Crippen molar-refractivity contribution in [2.45, 2.75) is 157 Å². The molecule has 4 aromatic heterocycles. The third kappa shape index (κ3) is 8.01. The minimum atomic E-state index is -0.0379. The zero-order valence-electron chi connectivity index (χ0n) is 50.9. The maximum Gasteiger partial charge on any atom is 0.0634 e. The normalized spacial score (nSPS) is 13.6.